The lowest BCUT2D eigenvalue weighted by molar-refractivity contribution is 1.07. The molecule has 0 fully saturated rings. The summed E-state index contributed by atoms with van der Waals surface area (Å²) in [5, 5.41) is 10.0. The van der Waals surface area contributed by atoms with Crippen LogP contribution >= 0.6 is 45.3 Å². The lowest BCUT2D eigenvalue weighted by Gasteiger charge is -2.12. The summed E-state index contributed by atoms with van der Waals surface area (Å²) in [6.07, 6.45) is 0. The van der Waals surface area contributed by atoms with Crippen LogP contribution in [0.15, 0.2) is 315 Å². The summed E-state index contributed by atoms with van der Waals surface area (Å²) < 4.78 is 9.98. The van der Waals surface area contributed by atoms with Crippen LogP contribution in [0.5, 0.6) is 0 Å². The summed E-state index contributed by atoms with van der Waals surface area (Å²) >= 11 is 7.34. The number of thiophene rings is 4. The average molecular weight is 1350 g/mol. The Balaban J connectivity index is 0.628. The van der Waals surface area contributed by atoms with E-state index in [-0.39, 0.29) is 0 Å². The first-order valence-electron chi connectivity index (χ1n) is 33.3. The fraction of sp³-hybridized carbons (Fsp3) is 0. The van der Waals surface area contributed by atoms with Crippen LogP contribution < -0.4 is 0 Å². The van der Waals surface area contributed by atoms with Gasteiger partial charge in [0.2, 0.25) is 0 Å². The van der Waals surface area contributed by atoms with Crippen molar-refractivity contribution in [2.45, 2.75) is 0 Å². The van der Waals surface area contributed by atoms with E-state index < -0.39 is 0 Å². The predicted octanol–water partition coefficient (Wildman–Crippen LogP) is 25.9. The van der Waals surface area contributed by atoms with Gasteiger partial charge < -0.3 is 0 Å². The summed E-state index contributed by atoms with van der Waals surface area (Å²) in [7, 11) is 0. The molecule has 6 aromatic heterocycles. The molecule has 0 bridgehead atoms. The first-order chi connectivity index (χ1) is 49.5. The minimum absolute atomic E-state index is 0.616. The number of hydrogen-bond donors (Lipinski definition) is 0. The summed E-state index contributed by atoms with van der Waals surface area (Å²) in [6, 6.07) is 113. The number of fused-ring (bicyclic) bond motifs is 12. The van der Waals surface area contributed by atoms with E-state index in [1.54, 1.807) is 11.3 Å². The van der Waals surface area contributed by atoms with E-state index in [1.807, 2.05) is 113 Å². The molecule has 0 N–H and O–H groups in total. The quantitative estimate of drug-likeness (QED) is 0.128. The van der Waals surface area contributed by atoms with Crippen molar-refractivity contribution in [2.75, 3.05) is 0 Å². The van der Waals surface area contributed by atoms with Crippen LogP contribution in [0.25, 0.3) is 205 Å². The Kier molecular flexibility index (Phi) is 13.9. The molecular weight excluding hydrogens is 1290 g/mol. The lowest BCUT2D eigenvalue weighted by atomic mass is 9.93. The molecule has 20 aromatic rings. The highest BCUT2D eigenvalue weighted by Gasteiger charge is 2.21. The summed E-state index contributed by atoms with van der Waals surface area (Å²) in [6.45, 7) is 0. The molecule has 6 nitrogen and oxygen atoms in total. The molecule has 0 aliphatic heterocycles. The SMILES string of the molecule is c1ccc(-c2nc(-c3ccccc3)nc(-c3ccc4c(c3)sc3ccc(-c5cc(-c6ccc(-c7cccc(-c8nc(-c9ccccc9)nc(-c9ccc%10c(c9)sc9ccc(-c%11cc(-c%12ccccc%12)c%12sc%13ccccc%13c%12c%11)cc9%10)n8)c7)cc6)c6c(c5)sc5ccccc56)cc34)n2)cc1. The van der Waals surface area contributed by atoms with E-state index in [0.717, 1.165) is 50.1 Å². The molecule has 0 aliphatic rings. The third-order valence-corrected chi connectivity index (χ3v) is 23.8. The maximum Gasteiger partial charge on any atom is 0.164 e. The standard InChI is InChI=1S/C90H52N6S4/c1-5-18-54(19-6-1)72-48-65(49-75-67-28-13-15-30-76(67)100-84(72)75)60-38-42-78-73(45-60)68-41-37-64(51-81(68)97-78)90-95-87(58-24-11-4-12-25-58)92-88(96-90)62-27-17-26-59(44-62)53-32-34-55(35-33-53)71-47-66(52-82-83(71)70-29-14-16-31-77(70)99-82)61-39-43-79-74(46-61)69-40-36-63(50-80(69)98-79)89-93-85(56-20-7-2-8-21-56)91-86(94-89)57-22-9-3-10-23-57/h1-52H. The molecule has 0 unspecified atom stereocenters. The zero-order chi connectivity index (χ0) is 65.8. The smallest absolute Gasteiger partial charge is 0.164 e. The van der Waals surface area contributed by atoms with Gasteiger partial charge in [-0.2, -0.15) is 0 Å². The van der Waals surface area contributed by atoms with Gasteiger partial charge in [-0.05, 0) is 129 Å². The maximum absolute atomic E-state index is 5.30. The van der Waals surface area contributed by atoms with Gasteiger partial charge in [0.15, 0.2) is 34.9 Å². The number of nitrogens with zero attached hydrogens (tertiary/aromatic N) is 6. The van der Waals surface area contributed by atoms with Gasteiger partial charge in [-0.3, -0.25) is 0 Å². The van der Waals surface area contributed by atoms with Crippen LogP contribution in [0.2, 0.25) is 0 Å². The van der Waals surface area contributed by atoms with E-state index in [2.05, 4.69) is 237 Å². The van der Waals surface area contributed by atoms with Crippen LogP contribution in [0.1, 0.15) is 0 Å². The van der Waals surface area contributed by atoms with Gasteiger partial charge in [0.1, 0.15) is 0 Å². The Morgan fingerprint density at radius 2 is 0.500 bits per heavy atom. The van der Waals surface area contributed by atoms with Crippen molar-refractivity contribution in [1.82, 2.24) is 29.9 Å². The molecule has 20 rings (SSSR count). The average Bonchev–Trinajstić information content (AvgIpc) is 1.56. The van der Waals surface area contributed by atoms with Crippen LogP contribution in [-0.4, -0.2) is 29.9 Å². The monoisotopic (exact) mass is 1340 g/mol. The number of rotatable bonds is 11. The van der Waals surface area contributed by atoms with Crippen LogP contribution in [0.3, 0.4) is 0 Å². The van der Waals surface area contributed by atoms with Crippen molar-refractivity contribution >= 4 is 126 Å². The van der Waals surface area contributed by atoms with E-state index in [1.165, 1.54) is 120 Å². The van der Waals surface area contributed by atoms with Crippen LogP contribution in [0.4, 0.5) is 0 Å². The molecule has 100 heavy (non-hydrogen) atoms. The van der Waals surface area contributed by atoms with Crippen LogP contribution in [-0.2, 0) is 0 Å². The molecule has 0 amide bonds. The highest BCUT2D eigenvalue weighted by Crippen LogP contribution is 2.48. The van der Waals surface area contributed by atoms with Gasteiger partial charge in [0, 0.05) is 120 Å². The second-order valence-corrected chi connectivity index (χ2v) is 29.6. The lowest BCUT2D eigenvalue weighted by Crippen LogP contribution is -2.00. The van der Waals surface area contributed by atoms with Crippen molar-refractivity contribution in [2.24, 2.45) is 0 Å². The van der Waals surface area contributed by atoms with E-state index in [0.29, 0.717) is 34.9 Å². The summed E-state index contributed by atoms with van der Waals surface area (Å²) in [5.41, 5.74) is 17.4. The Labute approximate surface area is 590 Å². The molecule has 0 aliphatic carbocycles. The van der Waals surface area contributed by atoms with Gasteiger partial charge in [0.25, 0.3) is 0 Å². The molecule has 0 saturated heterocycles. The largest absolute Gasteiger partial charge is 0.208 e. The molecule has 0 radical (unpaired) electrons. The Morgan fingerprint density at radius 1 is 0.160 bits per heavy atom. The minimum Gasteiger partial charge on any atom is -0.208 e. The van der Waals surface area contributed by atoms with Gasteiger partial charge in [-0.1, -0.05) is 237 Å². The van der Waals surface area contributed by atoms with Gasteiger partial charge in [-0.15, -0.1) is 45.3 Å². The van der Waals surface area contributed by atoms with Crippen molar-refractivity contribution < 1.29 is 0 Å². The molecule has 6 heterocycles. The molecule has 0 spiro atoms. The second-order valence-electron chi connectivity index (χ2n) is 25.3. The molecule has 466 valence electrons. The van der Waals surface area contributed by atoms with Crippen molar-refractivity contribution in [1.29, 1.82) is 0 Å². The van der Waals surface area contributed by atoms with E-state index in [4.69, 9.17) is 29.9 Å². The first-order valence-corrected chi connectivity index (χ1v) is 36.5. The fourth-order valence-corrected chi connectivity index (χ4v) is 18.9. The normalized spacial score (nSPS) is 11.8. The second kappa shape index (κ2) is 23.9. The molecule has 10 heteroatoms. The third kappa shape index (κ3) is 10.3. The van der Waals surface area contributed by atoms with Crippen LogP contribution in [0, 0.1) is 0 Å². The number of benzene rings is 14. The molecule has 14 aromatic carbocycles. The zero-order valence-electron chi connectivity index (χ0n) is 53.3. The van der Waals surface area contributed by atoms with Crippen molar-refractivity contribution in [3.63, 3.8) is 0 Å². The Hall–Kier alpha value is -12.0. The zero-order valence-corrected chi connectivity index (χ0v) is 56.6. The van der Waals surface area contributed by atoms with Crippen molar-refractivity contribution in [3.05, 3.63) is 315 Å². The predicted molar refractivity (Wildman–Crippen MR) is 425 cm³/mol. The fourth-order valence-electron chi connectivity index (χ4n) is 14.2. The number of hydrogen-bond acceptors (Lipinski definition) is 10. The van der Waals surface area contributed by atoms with Crippen molar-refractivity contribution in [3.8, 4) is 124 Å². The van der Waals surface area contributed by atoms with Gasteiger partial charge >= 0.3 is 0 Å². The summed E-state index contributed by atoms with van der Waals surface area (Å²) in [4.78, 5) is 30.8. The number of aromatic nitrogens is 6. The maximum atomic E-state index is 5.30. The van der Waals surface area contributed by atoms with E-state index in [9.17, 15) is 0 Å². The first kappa shape index (κ1) is 58.2. The van der Waals surface area contributed by atoms with Gasteiger partial charge in [-0.25, -0.2) is 29.9 Å². The third-order valence-electron chi connectivity index (χ3n) is 19.2. The summed E-state index contributed by atoms with van der Waals surface area (Å²) in [5.74, 6) is 3.82. The Morgan fingerprint density at radius 3 is 1.05 bits per heavy atom. The van der Waals surface area contributed by atoms with E-state index >= 15 is 0 Å². The molecule has 0 saturated carbocycles. The molecule has 0 atom stereocenters. The van der Waals surface area contributed by atoms with Gasteiger partial charge in [0.05, 0.1) is 0 Å². The highest BCUT2D eigenvalue weighted by molar-refractivity contribution is 7.27. The molecular formula is C90H52N6S4. The topological polar surface area (TPSA) is 77.3 Å². The Bertz CT molecular complexity index is 6580. The minimum atomic E-state index is 0.616. The highest BCUT2D eigenvalue weighted by atomic mass is 32.1.